The first-order chi connectivity index (χ1) is 7.54. The van der Waals surface area contributed by atoms with Gasteiger partial charge in [0.15, 0.2) is 6.61 Å². The SMILES string of the molecule is CNC(=O)COc1ccc(N)c(C(=O)O)c1. The number of aromatic carboxylic acids is 1. The van der Waals surface area contributed by atoms with E-state index in [1.54, 1.807) is 0 Å². The van der Waals surface area contributed by atoms with Crippen molar-refractivity contribution in [1.29, 1.82) is 0 Å². The predicted octanol–water partition coefficient (Wildman–Crippen LogP) is 0.0918. The van der Waals surface area contributed by atoms with Crippen molar-refractivity contribution < 1.29 is 19.4 Å². The van der Waals surface area contributed by atoms with Crippen LogP contribution in [0.1, 0.15) is 10.4 Å². The van der Waals surface area contributed by atoms with E-state index in [9.17, 15) is 9.59 Å². The minimum Gasteiger partial charge on any atom is -0.484 e. The Kier molecular flexibility index (Phi) is 3.71. The molecular formula is C10H12N2O4. The number of nitrogens with two attached hydrogens (primary N) is 1. The van der Waals surface area contributed by atoms with Gasteiger partial charge in [0.25, 0.3) is 5.91 Å². The number of benzene rings is 1. The summed E-state index contributed by atoms with van der Waals surface area (Å²) in [7, 11) is 1.48. The molecule has 6 heteroatoms. The highest BCUT2D eigenvalue weighted by Gasteiger charge is 2.09. The van der Waals surface area contributed by atoms with E-state index in [0.717, 1.165) is 0 Å². The minimum absolute atomic E-state index is 0.0468. The molecule has 0 aliphatic carbocycles. The van der Waals surface area contributed by atoms with Crippen molar-refractivity contribution in [3.63, 3.8) is 0 Å². The zero-order chi connectivity index (χ0) is 12.1. The lowest BCUT2D eigenvalue weighted by Gasteiger charge is -2.07. The second-order valence-electron chi connectivity index (χ2n) is 3.02. The number of nitrogens with one attached hydrogen (secondary N) is 1. The molecule has 1 aromatic carbocycles. The molecule has 0 heterocycles. The topological polar surface area (TPSA) is 102 Å². The Bertz CT molecular complexity index is 417. The summed E-state index contributed by atoms with van der Waals surface area (Å²) in [5, 5.41) is 11.2. The number of hydrogen-bond donors (Lipinski definition) is 3. The minimum atomic E-state index is -1.14. The Labute approximate surface area is 92.0 Å². The van der Waals surface area contributed by atoms with Crippen molar-refractivity contribution in [2.75, 3.05) is 19.4 Å². The zero-order valence-corrected chi connectivity index (χ0v) is 8.69. The number of ether oxygens (including phenoxy) is 1. The van der Waals surface area contributed by atoms with Gasteiger partial charge in [0.2, 0.25) is 0 Å². The van der Waals surface area contributed by atoms with Crippen LogP contribution in [0.2, 0.25) is 0 Å². The van der Waals surface area contributed by atoms with Gasteiger partial charge in [0.05, 0.1) is 5.56 Å². The quantitative estimate of drug-likeness (QED) is 0.629. The average Bonchev–Trinajstić information content (AvgIpc) is 2.27. The van der Waals surface area contributed by atoms with Crippen LogP contribution in [0.4, 0.5) is 5.69 Å². The molecule has 0 saturated carbocycles. The number of hydrogen-bond acceptors (Lipinski definition) is 4. The van der Waals surface area contributed by atoms with E-state index in [4.69, 9.17) is 15.6 Å². The molecule has 0 aliphatic rings. The fourth-order valence-corrected chi connectivity index (χ4v) is 1.03. The molecule has 0 aliphatic heterocycles. The lowest BCUT2D eigenvalue weighted by atomic mass is 10.2. The molecule has 1 amide bonds. The van der Waals surface area contributed by atoms with E-state index in [-0.39, 0.29) is 29.5 Å². The molecule has 86 valence electrons. The fraction of sp³-hybridized carbons (Fsp3) is 0.200. The number of carboxylic acids is 1. The Morgan fingerprint density at radius 1 is 1.50 bits per heavy atom. The smallest absolute Gasteiger partial charge is 0.337 e. The van der Waals surface area contributed by atoms with Crippen LogP contribution in [0, 0.1) is 0 Å². The van der Waals surface area contributed by atoms with E-state index in [1.807, 2.05) is 0 Å². The zero-order valence-electron chi connectivity index (χ0n) is 8.69. The Balaban J connectivity index is 2.79. The molecule has 16 heavy (non-hydrogen) atoms. The van der Waals surface area contributed by atoms with Crippen LogP contribution in [0.15, 0.2) is 18.2 Å². The van der Waals surface area contributed by atoms with Crippen LogP contribution in [0.5, 0.6) is 5.75 Å². The van der Waals surface area contributed by atoms with Crippen molar-refractivity contribution in [3.05, 3.63) is 23.8 Å². The third kappa shape index (κ3) is 2.88. The molecule has 0 aromatic heterocycles. The maximum atomic E-state index is 10.9. The summed E-state index contributed by atoms with van der Waals surface area (Å²) in [4.78, 5) is 21.6. The van der Waals surface area contributed by atoms with Gasteiger partial charge in [0.1, 0.15) is 5.75 Å². The van der Waals surface area contributed by atoms with Crippen LogP contribution < -0.4 is 15.8 Å². The van der Waals surface area contributed by atoms with Gasteiger partial charge in [-0.2, -0.15) is 0 Å². The fourth-order valence-electron chi connectivity index (χ4n) is 1.03. The van der Waals surface area contributed by atoms with Crippen LogP contribution in [0.3, 0.4) is 0 Å². The average molecular weight is 224 g/mol. The first-order valence-electron chi connectivity index (χ1n) is 4.50. The largest absolute Gasteiger partial charge is 0.484 e. The van der Waals surface area contributed by atoms with Crippen molar-refractivity contribution in [3.8, 4) is 5.75 Å². The summed E-state index contributed by atoms with van der Waals surface area (Å²) in [6.07, 6.45) is 0. The summed E-state index contributed by atoms with van der Waals surface area (Å²) in [5.74, 6) is -1.15. The van der Waals surface area contributed by atoms with Gasteiger partial charge in [-0.15, -0.1) is 0 Å². The molecular weight excluding hydrogens is 212 g/mol. The molecule has 0 fully saturated rings. The van der Waals surface area contributed by atoms with Crippen molar-refractivity contribution >= 4 is 17.6 Å². The molecule has 0 bridgehead atoms. The molecule has 0 atom stereocenters. The number of amides is 1. The standard InChI is InChI=1S/C10H12N2O4/c1-12-9(13)5-16-6-2-3-8(11)7(4-6)10(14)15/h2-4H,5,11H2,1H3,(H,12,13)(H,14,15). The number of nitrogen functional groups attached to an aromatic ring is 1. The number of likely N-dealkylation sites (N-methyl/N-ethyl adjacent to an activating group) is 1. The predicted molar refractivity (Wildman–Crippen MR) is 57.4 cm³/mol. The summed E-state index contributed by atoms with van der Waals surface area (Å²) in [6, 6.07) is 4.20. The molecule has 0 saturated heterocycles. The monoisotopic (exact) mass is 224 g/mol. The molecule has 0 unspecified atom stereocenters. The first kappa shape index (κ1) is 11.8. The molecule has 0 radical (unpaired) electrons. The van der Waals surface area contributed by atoms with E-state index < -0.39 is 5.97 Å². The Hall–Kier alpha value is -2.24. The number of anilines is 1. The van der Waals surface area contributed by atoms with Gasteiger partial charge >= 0.3 is 5.97 Å². The van der Waals surface area contributed by atoms with Gasteiger partial charge in [0, 0.05) is 12.7 Å². The number of carbonyl (C=O) groups excluding carboxylic acids is 1. The normalized spacial score (nSPS) is 9.56. The van der Waals surface area contributed by atoms with Crippen LogP contribution >= 0.6 is 0 Å². The van der Waals surface area contributed by atoms with Crippen molar-refractivity contribution in [2.24, 2.45) is 0 Å². The van der Waals surface area contributed by atoms with E-state index in [2.05, 4.69) is 5.32 Å². The second-order valence-corrected chi connectivity index (χ2v) is 3.02. The summed E-state index contributed by atoms with van der Waals surface area (Å²) in [5.41, 5.74) is 5.56. The summed E-state index contributed by atoms with van der Waals surface area (Å²) in [6.45, 7) is -0.167. The number of carbonyl (C=O) groups is 2. The maximum Gasteiger partial charge on any atom is 0.337 e. The highest BCUT2D eigenvalue weighted by Crippen LogP contribution is 2.19. The molecule has 4 N–H and O–H groups in total. The molecule has 6 nitrogen and oxygen atoms in total. The van der Waals surface area contributed by atoms with Gasteiger partial charge in [-0.3, -0.25) is 4.79 Å². The lowest BCUT2D eigenvalue weighted by molar-refractivity contribution is -0.122. The third-order valence-electron chi connectivity index (χ3n) is 1.90. The number of rotatable bonds is 4. The van der Waals surface area contributed by atoms with Crippen molar-refractivity contribution in [1.82, 2.24) is 5.32 Å². The van der Waals surface area contributed by atoms with Crippen LogP contribution in [0.25, 0.3) is 0 Å². The molecule has 0 spiro atoms. The van der Waals surface area contributed by atoms with E-state index in [1.165, 1.54) is 25.2 Å². The number of carboxylic acid groups (broad SMARTS) is 1. The van der Waals surface area contributed by atoms with Gasteiger partial charge < -0.3 is 20.9 Å². The summed E-state index contributed by atoms with van der Waals surface area (Å²) >= 11 is 0. The van der Waals surface area contributed by atoms with E-state index >= 15 is 0 Å². The maximum absolute atomic E-state index is 10.9. The van der Waals surface area contributed by atoms with Gasteiger partial charge in [-0.1, -0.05) is 0 Å². The molecule has 1 aromatic rings. The lowest BCUT2D eigenvalue weighted by Crippen LogP contribution is -2.24. The molecule has 1 rings (SSSR count). The second kappa shape index (κ2) is 5.01. The highest BCUT2D eigenvalue weighted by molar-refractivity contribution is 5.94. The Morgan fingerprint density at radius 2 is 2.19 bits per heavy atom. The first-order valence-corrected chi connectivity index (χ1v) is 4.50. The van der Waals surface area contributed by atoms with Gasteiger partial charge in [-0.25, -0.2) is 4.79 Å². The summed E-state index contributed by atoms with van der Waals surface area (Å²) < 4.78 is 5.07. The van der Waals surface area contributed by atoms with Crippen molar-refractivity contribution in [2.45, 2.75) is 0 Å². The highest BCUT2D eigenvalue weighted by atomic mass is 16.5. The third-order valence-corrected chi connectivity index (χ3v) is 1.90. The van der Waals surface area contributed by atoms with E-state index in [0.29, 0.717) is 0 Å². The van der Waals surface area contributed by atoms with Gasteiger partial charge in [-0.05, 0) is 18.2 Å². The van der Waals surface area contributed by atoms with Crippen LogP contribution in [-0.4, -0.2) is 30.6 Å². The van der Waals surface area contributed by atoms with Crippen LogP contribution in [-0.2, 0) is 4.79 Å². The Morgan fingerprint density at radius 3 is 2.75 bits per heavy atom.